The molecule has 0 aliphatic heterocycles. The van der Waals surface area contributed by atoms with Gasteiger partial charge < -0.3 is 14.8 Å². The van der Waals surface area contributed by atoms with Crippen LogP contribution in [0, 0.1) is 0 Å². The van der Waals surface area contributed by atoms with Gasteiger partial charge in [-0.05, 0) is 31.0 Å². The maximum absolute atomic E-state index is 13.9. The van der Waals surface area contributed by atoms with Crippen molar-refractivity contribution in [1.82, 2.24) is 29.7 Å². The number of anilines is 2. The lowest BCUT2D eigenvalue weighted by atomic mass is 10.1. The molecule has 5 rings (SSSR count). The second-order valence-electron chi connectivity index (χ2n) is 7.91. The first-order chi connectivity index (χ1) is 16.6. The predicted molar refractivity (Wildman–Crippen MR) is 128 cm³/mol. The molecule has 1 saturated carbocycles. The molecule has 0 bridgehead atoms. The number of nitrogens with one attached hydrogen (secondary N) is 1. The minimum Gasteiger partial charge on any atom is -0.481 e. The van der Waals surface area contributed by atoms with Crippen LogP contribution in [0.25, 0.3) is 22.3 Å². The Bertz CT molecular complexity index is 1410. The molecule has 1 N–H and O–H groups in total. The number of fused-ring (bicyclic) bond motifs is 1. The second kappa shape index (κ2) is 9.22. The van der Waals surface area contributed by atoms with Crippen LogP contribution in [0.15, 0.2) is 41.5 Å². The molecule has 1 aliphatic carbocycles. The van der Waals surface area contributed by atoms with E-state index in [1.54, 1.807) is 41.2 Å². The fraction of sp³-hybridized carbons (Fsp3) is 0.304. The van der Waals surface area contributed by atoms with Crippen LogP contribution in [-0.2, 0) is 0 Å². The molecule has 0 unspecified atom stereocenters. The van der Waals surface area contributed by atoms with E-state index < -0.39 is 0 Å². The van der Waals surface area contributed by atoms with Crippen molar-refractivity contribution >= 4 is 34.4 Å². The van der Waals surface area contributed by atoms with E-state index in [4.69, 9.17) is 21.1 Å². The summed E-state index contributed by atoms with van der Waals surface area (Å²) in [6.07, 6.45) is 7.18. The summed E-state index contributed by atoms with van der Waals surface area (Å²) in [7, 11) is 2.95. The van der Waals surface area contributed by atoms with Gasteiger partial charge in [0.1, 0.15) is 10.5 Å². The van der Waals surface area contributed by atoms with Crippen molar-refractivity contribution in [2.45, 2.75) is 31.7 Å². The number of aromatic nitrogens is 6. The maximum atomic E-state index is 13.9. The fourth-order valence-corrected chi connectivity index (χ4v) is 4.53. The van der Waals surface area contributed by atoms with E-state index >= 15 is 0 Å². The molecule has 0 amide bonds. The fourth-order valence-electron chi connectivity index (χ4n) is 4.25. The third kappa shape index (κ3) is 4.01. The van der Waals surface area contributed by atoms with Crippen molar-refractivity contribution in [2.75, 3.05) is 19.5 Å². The molecular formula is C23H22ClN7O3. The Hall–Kier alpha value is -3.79. The lowest BCUT2D eigenvalue weighted by molar-refractivity contribution is 0.365. The van der Waals surface area contributed by atoms with E-state index in [1.165, 1.54) is 14.2 Å². The molecular weight excluding hydrogens is 458 g/mol. The van der Waals surface area contributed by atoms with Crippen LogP contribution in [0.2, 0.25) is 5.02 Å². The van der Waals surface area contributed by atoms with E-state index in [0.717, 1.165) is 31.4 Å². The first-order valence-electron chi connectivity index (χ1n) is 10.8. The highest BCUT2D eigenvalue weighted by molar-refractivity contribution is 6.34. The highest BCUT2D eigenvalue weighted by atomic mass is 35.5. The Morgan fingerprint density at radius 1 is 1.03 bits per heavy atom. The zero-order valence-corrected chi connectivity index (χ0v) is 19.4. The Morgan fingerprint density at radius 2 is 1.79 bits per heavy atom. The summed E-state index contributed by atoms with van der Waals surface area (Å²) in [6, 6.07) is 6.87. The largest absolute Gasteiger partial charge is 0.481 e. The van der Waals surface area contributed by atoms with Crippen molar-refractivity contribution in [2.24, 2.45) is 0 Å². The van der Waals surface area contributed by atoms with Gasteiger partial charge in [-0.3, -0.25) is 14.3 Å². The molecule has 1 aliphatic rings. The van der Waals surface area contributed by atoms with Gasteiger partial charge in [0.25, 0.3) is 5.56 Å². The van der Waals surface area contributed by atoms with Gasteiger partial charge in [-0.15, -0.1) is 10.2 Å². The van der Waals surface area contributed by atoms with Crippen molar-refractivity contribution in [3.05, 3.63) is 52.0 Å². The first kappa shape index (κ1) is 22.0. The second-order valence-corrected chi connectivity index (χ2v) is 8.29. The van der Waals surface area contributed by atoms with E-state index in [-0.39, 0.29) is 28.4 Å². The SMILES string of the molecule is COc1cc(-c2cc3nnc(Nc4ccncc4)nc3n(C3CCCC3)c2=O)c(Cl)c(OC)n1. The van der Waals surface area contributed by atoms with Gasteiger partial charge in [0.05, 0.1) is 19.8 Å². The molecule has 10 nitrogen and oxygen atoms in total. The van der Waals surface area contributed by atoms with Gasteiger partial charge in [0.2, 0.25) is 17.7 Å². The number of hydrogen-bond acceptors (Lipinski definition) is 9. The summed E-state index contributed by atoms with van der Waals surface area (Å²) in [6.45, 7) is 0. The number of methoxy groups -OCH3 is 2. The molecule has 11 heteroatoms. The highest BCUT2D eigenvalue weighted by Gasteiger charge is 2.25. The van der Waals surface area contributed by atoms with E-state index in [1.807, 2.05) is 0 Å². The number of rotatable bonds is 6. The molecule has 34 heavy (non-hydrogen) atoms. The van der Waals surface area contributed by atoms with Gasteiger partial charge in [0.15, 0.2) is 5.65 Å². The molecule has 0 atom stereocenters. The molecule has 4 aromatic rings. The van der Waals surface area contributed by atoms with Crippen LogP contribution >= 0.6 is 11.6 Å². The molecule has 4 aromatic heterocycles. The Balaban J connectivity index is 1.72. The molecule has 174 valence electrons. The van der Waals surface area contributed by atoms with Gasteiger partial charge in [-0.2, -0.15) is 9.97 Å². The minimum absolute atomic E-state index is 0.00447. The zero-order chi connectivity index (χ0) is 23.7. The average Bonchev–Trinajstić information content (AvgIpc) is 3.39. The van der Waals surface area contributed by atoms with E-state index in [0.29, 0.717) is 28.2 Å². The first-order valence-corrected chi connectivity index (χ1v) is 11.2. The number of pyridine rings is 3. The molecule has 0 radical (unpaired) electrons. The molecule has 4 heterocycles. The number of halogens is 1. The van der Waals surface area contributed by atoms with Gasteiger partial charge in [-0.25, -0.2) is 0 Å². The van der Waals surface area contributed by atoms with Crippen molar-refractivity contribution in [3.8, 4) is 22.9 Å². The molecule has 0 spiro atoms. The van der Waals surface area contributed by atoms with Gasteiger partial charge in [-0.1, -0.05) is 24.4 Å². The molecule has 0 saturated heterocycles. The van der Waals surface area contributed by atoms with Crippen LogP contribution in [0.1, 0.15) is 31.7 Å². The summed E-state index contributed by atoms with van der Waals surface area (Å²) in [4.78, 5) is 26.8. The quantitative estimate of drug-likeness (QED) is 0.434. The summed E-state index contributed by atoms with van der Waals surface area (Å²) >= 11 is 6.57. The van der Waals surface area contributed by atoms with Crippen molar-refractivity contribution in [1.29, 1.82) is 0 Å². The third-order valence-corrected chi connectivity index (χ3v) is 6.24. The average molecular weight is 480 g/mol. The van der Waals surface area contributed by atoms with Crippen LogP contribution in [0.3, 0.4) is 0 Å². The Labute approximate surface area is 200 Å². The van der Waals surface area contributed by atoms with Crippen molar-refractivity contribution in [3.63, 3.8) is 0 Å². The summed E-state index contributed by atoms with van der Waals surface area (Å²) in [5.74, 6) is 0.746. The maximum Gasteiger partial charge on any atom is 0.260 e. The predicted octanol–water partition coefficient (Wildman–Crippen LogP) is 4.17. The normalized spacial score (nSPS) is 13.9. The van der Waals surface area contributed by atoms with Gasteiger partial charge in [0, 0.05) is 35.8 Å². The zero-order valence-electron chi connectivity index (χ0n) is 18.7. The standard InChI is InChI=1S/C23H22ClN7O3/c1-33-18-12-15(19(24)21(27-18)34-2)16-11-17-20(31(22(16)32)14-5-3-4-6-14)28-23(30-29-17)26-13-7-9-25-10-8-13/h7-12,14H,3-6H2,1-2H3,(H,25,26,28,30). The van der Waals surface area contributed by atoms with Crippen LogP contribution < -0.4 is 20.3 Å². The third-order valence-electron chi connectivity index (χ3n) is 5.87. The lowest BCUT2D eigenvalue weighted by Gasteiger charge is -2.18. The monoisotopic (exact) mass is 479 g/mol. The number of ether oxygens (including phenoxy) is 2. The number of nitrogens with zero attached hydrogens (tertiary/aromatic N) is 6. The number of hydrogen-bond donors (Lipinski definition) is 1. The lowest BCUT2D eigenvalue weighted by Crippen LogP contribution is -2.26. The summed E-state index contributed by atoms with van der Waals surface area (Å²) in [5.41, 5.74) is 2.31. The van der Waals surface area contributed by atoms with Crippen LogP contribution in [0.5, 0.6) is 11.8 Å². The van der Waals surface area contributed by atoms with Crippen LogP contribution in [0.4, 0.5) is 11.6 Å². The summed E-state index contributed by atoms with van der Waals surface area (Å²) < 4.78 is 12.3. The topological polar surface area (TPSA) is 117 Å². The van der Waals surface area contributed by atoms with Crippen molar-refractivity contribution < 1.29 is 9.47 Å². The summed E-state index contributed by atoms with van der Waals surface area (Å²) in [5, 5.41) is 11.9. The molecule has 1 fully saturated rings. The van der Waals surface area contributed by atoms with E-state index in [2.05, 4.69) is 30.5 Å². The smallest absolute Gasteiger partial charge is 0.260 e. The van der Waals surface area contributed by atoms with E-state index in [9.17, 15) is 4.79 Å². The van der Waals surface area contributed by atoms with Gasteiger partial charge >= 0.3 is 0 Å². The Morgan fingerprint density at radius 3 is 2.50 bits per heavy atom. The van der Waals surface area contributed by atoms with Crippen LogP contribution in [-0.4, -0.2) is 43.9 Å². The highest BCUT2D eigenvalue weighted by Crippen LogP contribution is 2.37. The molecule has 0 aromatic carbocycles. The minimum atomic E-state index is -0.216. The Kier molecular flexibility index (Phi) is 5.97.